The Morgan fingerprint density at radius 3 is 2.65 bits per heavy atom. The number of rotatable bonds is 12. The van der Waals surface area contributed by atoms with Crippen molar-refractivity contribution in [3.05, 3.63) is 11.9 Å². The minimum absolute atomic E-state index is 0.268. The van der Waals surface area contributed by atoms with Crippen LogP contribution in [0, 0.1) is 0 Å². The number of carbonyl (C=O) groups is 1. The second-order valence-corrected chi connectivity index (χ2v) is 5.34. The Bertz CT molecular complexity index is 377. The second-order valence-electron chi connectivity index (χ2n) is 5.34. The second kappa shape index (κ2) is 10.4. The lowest BCUT2D eigenvalue weighted by Crippen LogP contribution is -1.98. The maximum atomic E-state index is 10.4. The van der Waals surface area contributed by atoms with Gasteiger partial charge in [-0.15, -0.1) is 5.10 Å². The largest absolute Gasteiger partial charge is 0.481 e. The first-order chi connectivity index (χ1) is 9.72. The molecule has 1 aromatic rings. The van der Waals surface area contributed by atoms with Gasteiger partial charge in [0.1, 0.15) is 0 Å². The number of unbranched alkanes of at least 4 members (excludes halogenated alkanes) is 6. The third kappa shape index (κ3) is 7.92. The van der Waals surface area contributed by atoms with E-state index in [9.17, 15) is 4.79 Å². The van der Waals surface area contributed by atoms with Crippen LogP contribution in [0.4, 0.5) is 0 Å². The molecule has 20 heavy (non-hydrogen) atoms. The number of carboxylic acid groups (broad SMARTS) is 1. The van der Waals surface area contributed by atoms with Crippen molar-refractivity contribution in [3.63, 3.8) is 0 Å². The Morgan fingerprint density at radius 1 is 1.15 bits per heavy atom. The van der Waals surface area contributed by atoms with E-state index in [1.807, 2.05) is 10.9 Å². The Morgan fingerprint density at radius 2 is 1.90 bits per heavy atom. The van der Waals surface area contributed by atoms with Crippen molar-refractivity contribution in [1.29, 1.82) is 0 Å². The van der Waals surface area contributed by atoms with E-state index >= 15 is 0 Å². The van der Waals surface area contributed by atoms with Crippen LogP contribution in [0.1, 0.15) is 70.4 Å². The first-order valence-electron chi connectivity index (χ1n) is 7.83. The molecule has 0 aliphatic heterocycles. The molecule has 0 amide bonds. The van der Waals surface area contributed by atoms with Gasteiger partial charge in [0.05, 0.1) is 5.69 Å². The smallest absolute Gasteiger partial charge is 0.303 e. The summed E-state index contributed by atoms with van der Waals surface area (Å²) >= 11 is 0. The maximum Gasteiger partial charge on any atom is 0.303 e. The van der Waals surface area contributed by atoms with E-state index in [1.165, 1.54) is 32.1 Å². The molecule has 0 bridgehead atoms. The van der Waals surface area contributed by atoms with Gasteiger partial charge in [-0.1, -0.05) is 44.2 Å². The summed E-state index contributed by atoms with van der Waals surface area (Å²) in [6, 6.07) is 0. The van der Waals surface area contributed by atoms with Gasteiger partial charge in [-0.3, -0.25) is 9.48 Å². The van der Waals surface area contributed by atoms with E-state index < -0.39 is 5.97 Å². The summed E-state index contributed by atoms with van der Waals surface area (Å²) in [6.07, 6.45) is 12.2. The molecule has 5 nitrogen and oxygen atoms in total. The molecule has 0 fully saturated rings. The molecule has 0 saturated heterocycles. The number of aliphatic carboxylic acids is 1. The first-order valence-corrected chi connectivity index (χ1v) is 7.83. The summed E-state index contributed by atoms with van der Waals surface area (Å²) in [7, 11) is 0. The van der Waals surface area contributed by atoms with Crippen LogP contribution >= 0.6 is 0 Å². The Labute approximate surface area is 121 Å². The van der Waals surface area contributed by atoms with Crippen molar-refractivity contribution < 1.29 is 9.90 Å². The summed E-state index contributed by atoms with van der Waals surface area (Å²) in [5.74, 6) is -0.709. The van der Waals surface area contributed by atoms with Gasteiger partial charge in [-0.2, -0.15) is 0 Å². The van der Waals surface area contributed by atoms with E-state index in [1.54, 1.807) is 0 Å². The number of hydrogen-bond acceptors (Lipinski definition) is 3. The highest BCUT2D eigenvalue weighted by atomic mass is 16.4. The molecule has 5 heteroatoms. The SMILES string of the molecule is CCCCCCCn1cc(CCCCCC(=O)O)nn1. The van der Waals surface area contributed by atoms with E-state index in [2.05, 4.69) is 17.2 Å². The summed E-state index contributed by atoms with van der Waals surface area (Å²) < 4.78 is 1.93. The highest BCUT2D eigenvalue weighted by Crippen LogP contribution is 2.07. The van der Waals surface area contributed by atoms with Crippen LogP contribution in [-0.2, 0) is 17.8 Å². The molecule has 1 aromatic heterocycles. The summed E-state index contributed by atoms with van der Waals surface area (Å²) in [5.41, 5.74) is 1.02. The quantitative estimate of drug-likeness (QED) is 0.596. The van der Waals surface area contributed by atoms with Crippen molar-refractivity contribution in [2.24, 2.45) is 0 Å². The summed E-state index contributed by atoms with van der Waals surface area (Å²) in [5, 5.41) is 16.8. The molecule has 0 spiro atoms. The fourth-order valence-corrected chi connectivity index (χ4v) is 2.20. The van der Waals surface area contributed by atoms with Crippen molar-refractivity contribution in [3.8, 4) is 0 Å². The molecule has 0 radical (unpaired) electrons. The van der Waals surface area contributed by atoms with Gasteiger partial charge in [-0.25, -0.2) is 0 Å². The summed E-state index contributed by atoms with van der Waals surface area (Å²) in [6.45, 7) is 3.18. The molecule has 0 atom stereocenters. The lowest BCUT2D eigenvalue weighted by molar-refractivity contribution is -0.137. The minimum Gasteiger partial charge on any atom is -0.481 e. The van der Waals surface area contributed by atoms with Crippen molar-refractivity contribution in [2.45, 2.75) is 77.7 Å². The number of aryl methyl sites for hydroxylation is 2. The topological polar surface area (TPSA) is 68.0 Å². The van der Waals surface area contributed by atoms with Crippen LogP contribution in [0.15, 0.2) is 6.20 Å². The van der Waals surface area contributed by atoms with Gasteiger partial charge in [0.2, 0.25) is 0 Å². The Hall–Kier alpha value is -1.39. The standard InChI is InChI=1S/C15H27N3O2/c1-2-3-4-5-9-12-18-13-14(16-17-18)10-7-6-8-11-15(19)20/h13H,2-12H2,1H3,(H,19,20). The molecule has 1 N–H and O–H groups in total. The van der Waals surface area contributed by atoms with Gasteiger partial charge in [0.15, 0.2) is 0 Å². The lowest BCUT2D eigenvalue weighted by Gasteiger charge is -2.00. The average Bonchev–Trinajstić information content (AvgIpc) is 2.86. The van der Waals surface area contributed by atoms with Crippen LogP contribution < -0.4 is 0 Å². The first kappa shape index (κ1) is 16.7. The average molecular weight is 281 g/mol. The predicted octanol–water partition coefficient (Wildman–Crippen LogP) is 3.44. The molecule has 0 unspecified atom stereocenters. The molecule has 114 valence electrons. The molecule has 0 aliphatic rings. The number of aromatic nitrogens is 3. The normalized spacial score (nSPS) is 10.8. The van der Waals surface area contributed by atoms with Crippen molar-refractivity contribution >= 4 is 5.97 Å². The maximum absolute atomic E-state index is 10.4. The van der Waals surface area contributed by atoms with Gasteiger partial charge in [0, 0.05) is 19.2 Å². The zero-order valence-corrected chi connectivity index (χ0v) is 12.6. The third-order valence-corrected chi connectivity index (χ3v) is 3.40. The molecule has 1 rings (SSSR count). The Kier molecular flexibility index (Phi) is 8.67. The van der Waals surface area contributed by atoms with E-state index in [-0.39, 0.29) is 6.42 Å². The number of carboxylic acids is 1. The molecule has 0 saturated carbocycles. The van der Waals surface area contributed by atoms with Gasteiger partial charge in [-0.05, 0) is 25.7 Å². The Balaban J connectivity index is 2.08. The minimum atomic E-state index is -0.709. The zero-order valence-electron chi connectivity index (χ0n) is 12.6. The van der Waals surface area contributed by atoms with E-state index in [0.29, 0.717) is 0 Å². The fraction of sp³-hybridized carbons (Fsp3) is 0.800. The molecule has 0 aliphatic carbocycles. The fourth-order valence-electron chi connectivity index (χ4n) is 2.20. The van der Waals surface area contributed by atoms with Gasteiger partial charge < -0.3 is 5.11 Å². The van der Waals surface area contributed by atoms with Gasteiger partial charge in [0.25, 0.3) is 0 Å². The van der Waals surface area contributed by atoms with Crippen LogP contribution in [-0.4, -0.2) is 26.1 Å². The monoisotopic (exact) mass is 281 g/mol. The highest BCUT2D eigenvalue weighted by Gasteiger charge is 2.02. The van der Waals surface area contributed by atoms with E-state index in [0.717, 1.165) is 37.9 Å². The zero-order chi connectivity index (χ0) is 14.6. The van der Waals surface area contributed by atoms with Crippen molar-refractivity contribution in [1.82, 2.24) is 15.0 Å². The number of hydrogen-bond donors (Lipinski definition) is 1. The molecule has 1 heterocycles. The summed E-state index contributed by atoms with van der Waals surface area (Å²) in [4.78, 5) is 10.4. The molecular weight excluding hydrogens is 254 g/mol. The molecular formula is C15H27N3O2. The van der Waals surface area contributed by atoms with Crippen LogP contribution in [0.25, 0.3) is 0 Å². The third-order valence-electron chi connectivity index (χ3n) is 3.40. The van der Waals surface area contributed by atoms with Crippen LogP contribution in [0.3, 0.4) is 0 Å². The molecule has 0 aromatic carbocycles. The highest BCUT2D eigenvalue weighted by molar-refractivity contribution is 5.66. The lowest BCUT2D eigenvalue weighted by atomic mass is 10.1. The predicted molar refractivity (Wildman–Crippen MR) is 78.6 cm³/mol. The van der Waals surface area contributed by atoms with Gasteiger partial charge >= 0.3 is 5.97 Å². The van der Waals surface area contributed by atoms with E-state index in [4.69, 9.17) is 5.11 Å². The van der Waals surface area contributed by atoms with Crippen LogP contribution in [0.2, 0.25) is 0 Å². The van der Waals surface area contributed by atoms with Crippen LogP contribution in [0.5, 0.6) is 0 Å². The van der Waals surface area contributed by atoms with Crippen molar-refractivity contribution in [2.75, 3.05) is 0 Å². The number of nitrogens with zero attached hydrogens (tertiary/aromatic N) is 3.